The van der Waals surface area contributed by atoms with E-state index in [1.54, 1.807) is 0 Å². The van der Waals surface area contributed by atoms with E-state index in [9.17, 15) is 0 Å². The summed E-state index contributed by atoms with van der Waals surface area (Å²) >= 11 is 1.87. The number of rotatable bonds is 4. The molecule has 0 spiro atoms. The zero-order valence-electron chi connectivity index (χ0n) is 24.2. The molecule has 45 heavy (non-hydrogen) atoms. The number of hydrogen-bond donors (Lipinski definition) is 0. The van der Waals surface area contributed by atoms with Gasteiger partial charge in [-0.25, -0.2) is 15.0 Å². The van der Waals surface area contributed by atoms with Crippen molar-refractivity contribution in [2.45, 2.75) is 0 Å². The quantitative estimate of drug-likeness (QED) is 0.191. The number of nitrogens with zero attached hydrogens (tertiary/aromatic N) is 3. The zero-order valence-corrected chi connectivity index (χ0v) is 25.0. The van der Waals surface area contributed by atoms with Crippen molar-refractivity contribution in [3.8, 4) is 45.3 Å². The molecular formula is C41H25N3S. The first-order chi connectivity index (χ1) is 22.3. The topological polar surface area (TPSA) is 38.7 Å². The van der Waals surface area contributed by atoms with Gasteiger partial charge in [0.2, 0.25) is 0 Å². The van der Waals surface area contributed by atoms with Gasteiger partial charge >= 0.3 is 0 Å². The van der Waals surface area contributed by atoms with Gasteiger partial charge in [-0.2, -0.15) is 0 Å². The molecule has 0 atom stereocenters. The fourth-order valence-corrected chi connectivity index (χ4v) is 7.53. The molecule has 4 heteroatoms. The van der Waals surface area contributed by atoms with E-state index in [1.165, 1.54) is 47.3 Å². The fraction of sp³-hybridized carbons (Fsp3) is 0. The van der Waals surface area contributed by atoms with Crippen LogP contribution < -0.4 is 0 Å². The zero-order chi connectivity index (χ0) is 29.7. The third-order valence-corrected chi connectivity index (χ3v) is 9.72. The minimum Gasteiger partial charge on any atom is -0.208 e. The average Bonchev–Trinajstić information content (AvgIpc) is 3.51. The molecule has 2 aromatic heterocycles. The van der Waals surface area contributed by atoms with Gasteiger partial charge in [0.25, 0.3) is 0 Å². The van der Waals surface area contributed by atoms with Crippen LogP contribution in [0, 0.1) is 0 Å². The predicted octanol–water partition coefficient (Wildman–Crippen LogP) is 11.2. The van der Waals surface area contributed by atoms with Gasteiger partial charge in [0.05, 0.1) is 0 Å². The van der Waals surface area contributed by atoms with Crippen LogP contribution in [0.4, 0.5) is 0 Å². The van der Waals surface area contributed by atoms with Gasteiger partial charge in [0.1, 0.15) is 0 Å². The van der Waals surface area contributed by atoms with Crippen LogP contribution in [0.25, 0.3) is 87.0 Å². The smallest absolute Gasteiger partial charge is 0.164 e. The Bertz CT molecular complexity index is 2520. The Labute approximate surface area is 264 Å². The first kappa shape index (κ1) is 25.8. The van der Waals surface area contributed by atoms with Crippen LogP contribution in [-0.4, -0.2) is 15.0 Å². The summed E-state index contributed by atoms with van der Waals surface area (Å²) in [4.78, 5) is 15.0. The summed E-state index contributed by atoms with van der Waals surface area (Å²) in [6.45, 7) is 0. The number of hydrogen-bond acceptors (Lipinski definition) is 4. The standard InChI is InChI=1S/C41H25N3S/c1-3-9-26(10-4-1)27-15-18-30(19-16-27)40-42-39(29-11-5-2-6-12-29)43-41(44-40)32-22-23-33-31(25-32)20-17-28-21-24-35-34-13-7-8-14-36(34)45-38(35)37(28)33/h1-25H. The maximum atomic E-state index is 5.03. The van der Waals surface area contributed by atoms with E-state index in [1.807, 2.05) is 47.7 Å². The number of thiophene rings is 1. The predicted molar refractivity (Wildman–Crippen MR) is 189 cm³/mol. The molecule has 3 nitrogen and oxygen atoms in total. The second kappa shape index (κ2) is 10.5. The van der Waals surface area contributed by atoms with Gasteiger partial charge in [0, 0.05) is 42.2 Å². The summed E-state index contributed by atoms with van der Waals surface area (Å²) in [5.74, 6) is 1.98. The normalized spacial score (nSPS) is 11.6. The lowest BCUT2D eigenvalue weighted by Gasteiger charge is -2.11. The SMILES string of the molecule is c1ccc(-c2ccc(-c3nc(-c4ccccc4)nc(-c4ccc5c(ccc6ccc7c8ccccc8sc7c65)c4)n3)cc2)cc1. The van der Waals surface area contributed by atoms with E-state index in [0.29, 0.717) is 17.5 Å². The van der Waals surface area contributed by atoms with Gasteiger partial charge in [-0.1, -0.05) is 140 Å². The molecule has 0 N–H and O–H groups in total. The lowest BCUT2D eigenvalue weighted by molar-refractivity contribution is 1.07. The number of fused-ring (bicyclic) bond motifs is 7. The molecule has 7 aromatic carbocycles. The van der Waals surface area contributed by atoms with E-state index < -0.39 is 0 Å². The molecule has 9 aromatic rings. The maximum absolute atomic E-state index is 5.03. The van der Waals surface area contributed by atoms with E-state index in [-0.39, 0.29) is 0 Å². The maximum Gasteiger partial charge on any atom is 0.164 e. The molecule has 0 aliphatic rings. The molecule has 0 unspecified atom stereocenters. The monoisotopic (exact) mass is 591 g/mol. The largest absolute Gasteiger partial charge is 0.208 e. The Morgan fingerprint density at radius 1 is 0.356 bits per heavy atom. The molecular weight excluding hydrogens is 567 g/mol. The third kappa shape index (κ3) is 4.46. The first-order valence-electron chi connectivity index (χ1n) is 15.0. The van der Waals surface area contributed by atoms with Crippen LogP contribution in [-0.2, 0) is 0 Å². The van der Waals surface area contributed by atoms with E-state index in [2.05, 4.69) is 115 Å². The molecule has 0 saturated heterocycles. The fourth-order valence-electron chi connectivity index (χ4n) is 6.26. The lowest BCUT2D eigenvalue weighted by atomic mass is 9.98. The van der Waals surface area contributed by atoms with Gasteiger partial charge in [-0.3, -0.25) is 0 Å². The summed E-state index contributed by atoms with van der Waals surface area (Å²) in [5, 5.41) is 7.59. The molecule has 9 rings (SSSR count). The molecule has 0 fully saturated rings. The Morgan fingerprint density at radius 3 is 1.62 bits per heavy atom. The summed E-state index contributed by atoms with van der Waals surface area (Å²) in [6, 6.07) is 53.2. The van der Waals surface area contributed by atoms with Crippen LogP contribution in [0.2, 0.25) is 0 Å². The molecule has 0 aliphatic carbocycles. The van der Waals surface area contributed by atoms with Crippen molar-refractivity contribution in [2.75, 3.05) is 0 Å². The van der Waals surface area contributed by atoms with Crippen LogP contribution in [0.5, 0.6) is 0 Å². The van der Waals surface area contributed by atoms with Crippen LogP contribution in [0.15, 0.2) is 152 Å². The highest BCUT2D eigenvalue weighted by Gasteiger charge is 2.15. The summed E-state index contributed by atoms with van der Waals surface area (Å²) in [6.07, 6.45) is 0. The van der Waals surface area contributed by atoms with Crippen molar-refractivity contribution in [3.05, 3.63) is 152 Å². The molecule has 0 bridgehead atoms. The minimum atomic E-state index is 0.657. The number of benzene rings is 7. The van der Waals surface area contributed by atoms with Gasteiger partial charge < -0.3 is 0 Å². The Hall–Kier alpha value is -5.71. The van der Waals surface area contributed by atoms with Crippen molar-refractivity contribution in [2.24, 2.45) is 0 Å². The van der Waals surface area contributed by atoms with Crippen molar-refractivity contribution < 1.29 is 0 Å². The van der Waals surface area contributed by atoms with Crippen molar-refractivity contribution in [3.63, 3.8) is 0 Å². The minimum absolute atomic E-state index is 0.657. The summed E-state index contributed by atoms with van der Waals surface area (Å²) < 4.78 is 2.65. The lowest BCUT2D eigenvalue weighted by Crippen LogP contribution is -2.00. The summed E-state index contributed by atoms with van der Waals surface area (Å²) in [5.41, 5.74) is 5.22. The summed E-state index contributed by atoms with van der Waals surface area (Å²) in [7, 11) is 0. The van der Waals surface area contributed by atoms with Crippen molar-refractivity contribution in [1.29, 1.82) is 0 Å². The van der Waals surface area contributed by atoms with Crippen molar-refractivity contribution in [1.82, 2.24) is 15.0 Å². The highest BCUT2D eigenvalue weighted by atomic mass is 32.1. The average molecular weight is 592 g/mol. The van der Waals surface area contributed by atoms with Gasteiger partial charge in [0.15, 0.2) is 17.5 Å². The first-order valence-corrected chi connectivity index (χ1v) is 15.8. The second-order valence-corrected chi connectivity index (χ2v) is 12.3. The molecule has 0 aliphatic heterocycles. The van der Waals surface area contributed by atoms with Crippen molar-refractivity contribution >= 4 is 53.1 Å². The molecule has 210 valence electrons. The highest BCUT2D eigenvalue weighted by molar-refractivity contribution is 7.26. The van der Waals surface area contributed by atoms with Crippen LogP contribution in [0.1, 0.15) is 0 Å². The Balaban J connectivity index is 1.20. The van der Waals surface area contributed by atoms with Crippen LogP contribution in [0.3, 0.4) is 0 Å². The van der Waals surface area contributed by atoms with E-state index >= 15 is 0 Å². The molecule has 0 saturated carbocycles. The molecule has 0 amide bonds. The van der Waals surface area contributed by atoms with E-state index in [4.69, 9.17) is 15.0 Å². The molecule has 2 heterocycles. The Kier molecular flexibility index (Phi) is 6.00. The van der Waals surface area contributed by atoms with Crippen LogP contribution >= 0.6 is 11.3 Å². The molecule has 0 radical (unpaired) electrons. The highest BCUT2D eigenvalue weighted by Crippen LogP contribution is 2.41. The van der Waals surface area contributed by atoms with Gasteiger partial charge in [-0.15, -0.1) is 11.3 Å². The third-order valence-electron chi connectivity index (χ3n) is 8.52. The Morgan fingerprint density at radius 2 is 0.867 bits per heavy atom. The second-order valence-electron chi connectivity index (χ2n) is 11.3. The van der Waals surface area contributed by atoms with Gasteiger partial charge in [-0.05, 0) is 39.4 Å². The number of aromatic nitrogens is 3. The van der Waals surface area contributed by atoms with E-state index in [0.717, 1.165) is 22.3 Å².